The summed E-state index contributed by atoms with van der Waals surface area (Å²) in [5.41, 5.74) is 2.01. The molecule has 0 saturated carbocycles. The SMILES string of the molecule is [2H]c1cc(Cl)cc2c1CN(C(=O)N1CCOC[C@H]1C)CC2. The van der Waals surface area contributed by atoms with Gasteiger partial charge in [-0.3, -0.25) is 0 Å². The van der Waals surface area contributed by atoms with E-state index in [4.69, 9.17) is 17.7 Å². The van der Waals surface area contributed by atoms with E-state index in [1.54, 1.807) is 6.07 Å². The molecule has 1 fully saturated rings. The van der Waals surface area contributed by atoms with Crippen molar-refractivity contribution in [2.75, 3.05) is 26.3 Å². The maximum atomic E-state index is 12.7. The van der Waals surface area contributed by atoms with Crippen LogP contribution in [-0.4, -0.2) is 48.2 Å². The van der Waals surface area contributed by atoms with Crippen LogP contribution in [0.4, 0.5) is 4.79 Å². The van der Waals surface area contributed by atoms with Crippen molar-refractivity contribution in [3.63, 3.8) is 0 Å². The summed E-state index contributed by atoms with van der Waals surface area (Å²) in [5.74, 6) is 0. The molecule has 1 aromatic rings. The maximum absolute atomic E-state index is 12.7. The fraction of sp³-hybridized carbons (Fsp3) is 0.533. The van der Waals surface area contributed by atoms with Crippen LogP contribution in [0.15, 0.2) is 18.2 Å². The Hall–Kier alpha value is -1.26. The zero-order chi connectivity index (χ0) is 15.0. The van der Waals surface area contributed by atoms with Crippen LogP contribution in [-0.2, 0) is 17.7 Å². The van der Waals surface area contributed by atoms with Crippen molar-refractivity contribution in [2.24, 2.45) is 0 Å². The molecular formula is C15H19ClN2O2. The van der Waals surface area contributed by atoms with E-state index in [1.807, 2.05) is 22.8 Å². The summed E-state index contributed by atoms with van der Waals surface area (Å²) in [4.78, 5) is 16.4. The molecule has 0 radical (unpaired) electrons. The Morgan fingerprint density at radius 3 is 3.15 bits per heavy atom. The molecule has 0 spiro atoms. The lowest BCUT2D eigenvalue weighted by Gasteiger charge is -2.39. The molecule has 2 amide bonds. The number of carbonyl (C=O) groups is 1. The molecule has 0 N–H and O–H groups in total. The van der Waals surface area contributed by atoms with Gasteiger partial charge in [-0.1, -0.05) is 17.6 Å². The highest BCUT2D eigenvalue weighted by Crippen LogP contribution is 2.24. The third-order valence-electron chi connectivity index (χ3n) is 3.97. The van der Waals surface area contributed by atoms with Crippen LogP contribution in [0, 0.1) is 0 Å². The van der Waals surface area contributed by atoms with Crippen LogP contribution < -0.4 is 0 Å². The largest absolute Gasteiger partial charge is 0.377 e. The predicted octanol–water partition coefficient (Wildman–Crippen LogP) is 2.54. The van der Waals surface area contributed by atoms with E-state index < -0.39 is 0 Å². The van der Waals surface area contributed by atoms with Crippen LogP contribution in [0.2, 0.25) is 5.02 Å². The summed E-state index contributed by atoms with van der Waals surface area (Å²) in [6.07, 6.45) is 0.756. The molecule has 0 unspecified atom stereocenters. The quantitative estimate of drug-likeness (QED) is 0.737. The number of nitrogens with zero attached hydrogens (tertiary/aromatic N) is 2. The summed E-state index contributed by atoms with van der Waals surface area (Å²) < 4.78 is 13.4. The molecule has 108 valence electrons. The third kappa shape index (κ3) is 2.63. The summed E-state index contributed by atoms with van der Waals surface area (Å²) >= 11 is 6.00. The molecule has 1 aromatic carbocycles. The molecule has 2 heterocycles. The fourth-order valence-electron chi connectivity index (χ4n) is 2.80. The average Bonchev–Trinajstić information content (AvgIpc) is 2.46. The Balaban J connectivity index is 1.78. The second-order valence-corrected chi connectivity index (χ2v) is 5.83. The number of amides is 2. The molecular weight excluding hydrogens is 276 g/mol. The number of benzene rings is 1. The van der Waals surface area contributed by atoms with Gasteiger partial charge in [0.2, 0.25) is 0 Å². The number of urea groups is 1. The van der Waals surface area contributed by atoms with Gasteiger partial charge in [-0.15, -0.1) is 0 Å². The zero-order valence-electron chi connectivity index (χ0n) is 12.6. The Labute approximate surface area is 125 Å². The first-order chi connectivity index (χ1) is 10.1. The van der Waals surface area contributed by atoms with Gasteiger partial charge in [0.15, 0.2) is 0 Å². The number of hydrogen-bond acceptors (Lipinski definition) is 2. The number of fused-ring (bicyclic) bond motifs is 1. The second kappa shape index (κ2) is 5.62. The molecule has 5 heteroatoms. The minimum absolute atomic E-state index is 0.0470. The summed E-state index contributed by atoms with van der Waals surface area (Å²) in [7, 11) is 0. The van der Waals surface area contributed by atoms with Crippen molar-refractivity contribution in [2.45, 2.75) is 25.9 Å². The monoisotopic (exact) mass is 295 g/mol. The molecule has 20 heavy (non-hydrogen) atoms. The lowest BCUT2D eigenvalue weighted by Crippen LogP contribution is -2.53. The van der Waals surface area contributed by atoms with Gasteiger partial charge in [0.05, 0.1) is 20.6 Å². The molecule has 0 aliphatic carbocycles. The molecule has 2 aliphatic heterocycles. The number of halogens is 1. The molecule has 0 bridgehead atoms. The minimum Gasteiger partial charge on any atom is -0.377 e. The Morgan fingerprint density at radius 1 is 1.50 bits per heavy atom. The highest BCUT2D eigenvalue weighted by molar-refractivity contribution is 6.30. The highest BCUT2D eigenvalue weighted by atomic mass is 35.5. The highest BCUT2D eigenvalue weighted by Gasteiger charge is 2.29. The molecule has 0 aromatic heterocycles. The first-order valence-electron chi connectivity index (χ1n) is 7.47. The minimum atomic E-state index is 0.0470. The number of hydrogen-bond donors (Lipinski definition) is 0. The van der Waals surface area contributed by atoms with E-state index in [0.717, 1.165) is 17.5 Å². The third-order valence-corrected chi connectivity index (χ3v) is 4.19. The van der Waals surface area contributed by atoms with Crippen molar-refractivity contribution in [3.05, 3.63) is 34.3 Å². The molecule has 1 atom stereocenters. The van der Waals surface area contributed by atoms with E-state index in [-0.39, 0.29) is 12.1 Å². The van der Waals surface area contributed by atoms with Crippen molar-refractivity contribution < 1.29 is 10.9 Å². The van der Waals surface area contributed by atoms with Crippen LogP contribution >= 0.6 is 11.6 Å². The van der Waals surface area contributed by atoms with Crippen LogP contribution in [0.1, 0.15) is 19.4 Å². The first-order valence-corrected chi connectivity index (χ1v) is 7.35. The molecule has 1 saturated heterocycles. The van der Waals surface area contributed by atoms with Gasteiger partial charge in [0, 0.05) is 24.7 Å². The maximum Gasteiger partial charge on any atom is 0.320 e. The number of carbonyl (C=O) groups excluding carboxylic acids is 1. The zero-order valence-corrected chi connectivity index (χ0v) is 12.3. The topological polar surface area (TPSA) is 32.8 Å². The van der Waals surface area contributed by atoms with Crippen molar-refractivity contribution in [1.29, 1.82) is 0 Å². The van der Waals surface area contributed by atoms with E-state index in [0.29, 0.717) is 43.9 Å². The summed E-state index contributed by atoms with van der Waals surface area (Å²) in [5, 5.41) is 0.598. The van der Waals surface area contributed by atoms with Crippen molar-refractivity contribution in [3.8, 4) is 0 Å². The Bertz CT molecular complexity index is 567. The Morgan fingerprint density at radius 2 is 2.35 bits per heavy atom. The van der Waals surface area contributed by atoms with Crippen molar-refractivity contribution >= 4 is 17.6 Å². The fourth-order valence-corrected chi connectivity index (χ4v) is 2.98. The average molecular weight is 296 g/mol. The van der Waals surface area contributed by atoms with Gasteiger partial charge in [0.25, 0.3) is 0 Å². The lowest BCUT2D eigenvalue weighted by atomic mass is 10.00. The van der Waals surface area contributed by atoms with E-state index >= 15 is 0 Å². The van der Waals surface area contributed by atoms with Gasteiger partial charge in [-0.25, -0.2) is 4.79 Å². The van der Waals surface area contributed by atoms with Crippen molar-refractivity contribution in [1.82, 2.24) is 9.80 Å². The smallest absolute Gasteiger partial charge is 0.320 e. The summed E-state index contributed by atoms with van der Waals surface area (Å²) in [6, 6.07) is 4.13. The van der Waals surface area contributed by atoms with Gasteiger partial charge < -0.3 is 14.5 Å². The molecule has 4 nitrogen and oxygen atoms in total. The number of ether oxygens (including phenoxy) is 1. The van der Waals surface area contributed by atoms with Gasteiger partial charge in [-0.05, 0) is 36.6 Å². The van der Waals surface area contributed by atoms with E-state index in [1.165, 1.54) is 0 Å². The van der Waals surface area contributed by atoms with Crippen LogP contribution in [0.25, 0.3) is 0 Å². The number of morpholine rings is 1. The predicted molar refractivity (Wildman–Crippen MR) is 77.9 cm³/mol. The van der Waals surface area contributed by atoms with E-state index in [9.17, 15) is 4.79 Å². The van der Waals surface area contributed by atoms with Gasteiger partial charge >= 0.3 is 6.03 Å². The van der Waals surface area contributed by atoms with Gasteiger partial charge in [0.1, 0.15) is 0 Å². The first kappa shape index (κ1) is 12.5. The standard InChI is InChI=1S/C15H19ClN2O2/c1-11-10-20-7-6-18(11)15(19)17-5-4-12-8-14(16)3-2-13(12)9-17/h2-3,8,11H,4-7,9-10H2,1H3/t11-/m1/s1/i2D. The summed E-state index contributed by atoms with van der Waals surface area (Å²) in [6.45, 7) is 5.00. The molecule has 2 aliphatic rings. The molecule has 3 rings (SSSR count). The van der Waals surface area contributed by atoms with E-state index in [2.05, 4.69) is 0 Å². The normalized spacial score (nSPS) is 23.3. The Kier molecular flexibility index (Phi) is 3.51. The number of rotatable bonds is 0. The van der Waals surface area contributed by atoms with Crippen LogP contribution in [0.3, 0.4) is 0 Å². The van der Waals surface area contributed by atoms with Gasteiger partial charge in [-0.2, -0.15) is 0 Å². The second-order valence-electron chi connectivity index (χ2n) is 5.39. The van der Waals surface area contributed by atoms with Crippen LogP contribution in [0.5, 0.6) is 0 Å². The lowest BCUT2D eigenvalue weighted by molar-refractivity contribution is 0.00937.